The van der Waals surface area contributed by atoms with Crippen LogP contribution >= 0.6 is 0 Å². The lowest BCUT2D eigenvalue weighted by atomic mass is 9.51. The van der Waals surface area contributed by atoms with Gasteiger partial charge < -0.3 is 5.73 Å². The molecule has 0 aromatic heterocycles. The van der Waals surface area contributed by atoms with Gasteiger partial charge in [-0.15, -0.1) is 0 Å². The molecule has 0 heterocycles. The fraction of sp³-hybridized carbons (Fsp3) is 0.684. The normalized spacial score (nSPS) is 40.0. The summed E-state index contributed by atoms with van der Waals surface area (Å²) in [4.78, 5) is 0. The predicted octanol–water partition coefficient (Wildman–Crippen LogP) is 4.32. The Hall–Kier alpha value is -0.820. The van der Waals surface area contributed by atoms with Gasteiger partial charge in [0, 0.05) is 6.04 Å². The molecule has 4 aliphatic carbocycles. The standard InChI is InChI=1S/C19H27N/c1-12(20)16-4-2-13(3-5-16)11-19-17-7-14-6-15(9-17)10-18(19)8-14/h2-5,12,14-15,17-19H,6-11,20H2,1H3. The Morgan fingerprint density at radius 1 is 0.950 bits per heavy atom. The summed E-state index contributed by atoms with van der Waals surface area (Å²) in [5.41, 5.74) is 8.74. The molecule has 4 fully saturated rings. The molecular weight excluding hydrogens is 242 g/mol. The zero-order valence-corrected chi connectivity index (χ0v) is 12.6. The summed E-state index contributed by atoms with van der Waals surface area (Å²) in [6.07, 6.45) is 9.02. The number of hydrogen-bond acceptors (Lipinski definition) is 1. The highest BCUT2D eigenvalue weighted by Gasteiger charge is 2.47. The minimum atomic E-state index is 0.158. The first-order valence-electron chi connectivity index (χ1n) is 8.53. The van der Waals surface area contributed by atoms with Crippen LogP contribution in [0.25, 0.3) is 0 Å². The van der Waals surface area contributed by atoms with Gasteiger partial charge in [0.25, 0.3) is 0 Å². The van der Waals surface area contributed by atoms with Crippen molar-refractivity contribution in [1.82, 2.24) is 0 Å². The Kier molecular flexibility index (Phi) is 3.14. The SMILES string of the molecule is CC(N)c1ccc(CC2C3CC4CC(C3)CC2C4)cc1. The van der Waals surface area contributed by atoms with Crippen LogP contribution in [0.2, 0.25) is 0 Å². The minimum absolute atomic E-state index is 0.158. The van der Waals surface area contributed by atoms with Crippen LogP contribution in [0.5, 0.6) is 0 Å². The van der Waals surface area contributed by atoms with Gasteiger partial charge in [-0.3, -0.25) is 0 Å². The average Bonchev–Trinajstić information content (AvgIpc) is 2.42. The van der Waals surface area contributed by atoms with Crippen molar-refractivity contribution in [1.29, 1.82) is 0 Å². The van der Waals surface area contributed by atoms with Gasteiger partial charge in [-0.05, 0) is 86.2 Å². The molecule has 5 rings (SSSR count). The molecule has 1 unspecified atom stereocenters. The average molecular weight is 269 g/mol. The summed E-state index contributed by atoms with van der Waals surface area (Å²) in [6, 6.07) is 9.27. The Bertz CT molecular complexity index is 445. The van der Waals surface area contributed by atoms with E-state index in [-0.39, 0.29) is 6.04 Å². The second kappa shape index (κ2) is 4.87. The van der Waals surface area contributed by atoms with E-state index < -0.39 is 0 Å². The van der Waals surface area contributed by atoms with Crippen molar-refractivity contribution in [3.63, 3.8) is 0 Å². The molecule has 1 heteroatoms. The molecule has 4 aliphatic rings. The van der Waals surface area contributed by atoms with E-state index in [0.29, 0.717) is 0 Å². The molecule has 20 heavy (non-hydrogen) atoms. The molecular formula is C19H27N. The Morgan fingerprint density at radius 2 is 1.50 bits per heavy atom. The summed E-state index contributed by atoms with van der Waals surface area (Å²) >= 11 is 0. The first kappa shape index (κ1) is 12.9. The highest BCUT2D eigenvalue weighted by molar-refractivity contribution is 5.25. The van der Waals surface area contributed by atoms with Crippen LogP contribution < -0.4 is 5.73 Å². The van der Waals surface area contributed by atoms with Crippen LogP contribution in [0.1, 0.15) is 56.2 Å². The highest BCUT2D eigenvalue weighted by atomic mass is 14.6. The van der Waals surface area contributed by atoms with Crippen LogP contribution in [0.3, 0.4) is 0 Å². The third kappa shape index (κ3) is 2.20. The van der Waals surface area contributed by atoms with E-state index in [9.17, 15) is 0 Å². The van der Waals surface area contributed by atoms with Gasteiger partial charge in [-0.25, -0.2) is 0 Å². The van der Waals surface area contributed by atoms with Crippen LogP contribution in [-0.4, -0.2) is 0 Å². The zero-order chi connectivity index (χ0) is 13.7. The third-order valence-corrected chi connectivity index (χ3v) is 6.40. The van der Waals surface area contributed by atoms with E-state index in [1.807, 2.05) is 0 Å². The number of benzene rings is 1. The van der Waals surface area contributed by atoms with Crippen molar-refractivity contribution >= 4 is 0 Å². The predicted molar refractivity (Wildman–Crippen MR) is 83.3 cm³/mol. The van der Waals surface area contributed by atoms with Crippen molar-refractivity contribution in [3.8, 4) is 0 Å². The Morgan fingerprint density at radius 3 is 2.00 bits per heavy atom. The van der Waals surface area contributed by atoms with Gasteiger partial charge in [0.1, 0.15) is 0 Å². The highest BCUT2D eigenvalue weighted by Crippen LogP contribution is 2.57. The van der Waals surface area contributed by atoms with Crippen molar-refractivity contribution in [3.05, 3.63) is 35.4 Å². The maximum absolute atomic E-state index is 5.94. The minimum Gasteiger partial charge on any atom is -0.324 e. The van der Waals surface area contributed by atoms with E-state index in [1.165, 1.54) is 43.2 Å². The monoisotopic (exact) mass is 269 g/mol. The Labute approximate surface area is 122 Å². The van der Waals surface area contributed by atoms with Gasteiger partial charge in [0.05, 0.1) is 0 Å². The summed E-state index contributed by atoms with van der Waals surface area (Å²) < 4.78 is 0. The molecule has 4 saturated carbocycles. The molecule has 1 atom stereocenters. The molecule has 2 N–H and O–H groups in total. The summed E-state index contributed by atoms with van der Waals surface area (Å²) in [6.45, 7) is 2.06. The van der Waals surface area contributed by atoms with Crippen LogP contribution in [0.4, 0.5) is 0 Å². The van der Waals surface area contributed by atoms with Gasteiger partial charge >= 0.3 is 0 Å². The molecule has 108 valence electrons. The smallest absolute Gasteiger partial charge is 0.0266 e. The lowest BCUT2D eigenvalue weighted by Gasteiger charge is -2.54. The van der Waals surface area contributed by atoms with Gasteiger partial charge in [0.15, 0.2) is 0 Å². The fourth-order valence-corrected chi connectivity index (χ4v) is 5.60. The molecule has 0 amide bonds. The second-order valence-corrected chi connectivity index (χ2v) is 7.83. The van der Waals surface area contributed by atoms with E-state index >= 15 is 0 Å². The lowest BCUT2D eigenvalue weighted by Crippen LogP contribution is -2.45. The summed E-state index contributed by atoms with van der Waals surface area (Å²) in [5, 5.41) is 0. The molecule has 0 saturated heterocycles. The van der Waals surface area contributed by atoms with Gasteiger partial charge in [-0.1, -0.05) is 24.3 Å². The van der Waals surface area contributed by atoms with Crippen LogP contribution in [0, 0.1) is 29.6 Å². The first-order valence-corrected chi connectivity index (χ1v) is 8.53. The molecule has 1 aromatic rings. The number of hydrogen-bond donors (Lipinski definition) is 1. The van der Waals surface area contributed by atoms with Crippen molar-refractivity contribution in [2.75, 3.05) is 0 Å². The van der Waals surface area contributed by atoms with Crippen LogP contribution in [0.15, 0.2) is 24.3 Å². The quantitative estimate of drug-likeness (QED) is 0.869. The van der Waals surface area contributed by atoms with Crippen molar-refractivity contribution in [2.24, 2.45) is 35.3 Å². The molecule has 0 radical (unpaired) electrons. The van der Waals surface area contributed by atoms with Crippen LogP contribution in [-0.2, 0) is 6.42 Å². The zero-order valence-electron chi connectivity index (χ0n) is 12.6. The largest absolute Gasteiger partial charge is 0.324 e. The number of rotatable bonds is 3. The van der Waals surface area contributed by atoms with E-state index in [1.54, 1.807) is 6.42 Å². The maximum atomic E-state index is 5.94. The lowest BCUT2D eigenvalue weighted by molar-refractivity contribution is -0.0360. The second-order valence-electron chi connectivity index (χ2n) is 7.83. The molecule has 0 aliphatic heterocycles. The molecule has 4 bridgehead atoms. The molecule has 1 aromatic carbocycles. The molecule has 0 spiro atoms. The summed E-state index contributed by atoms with van der Waals surface area (Å²) in [7, 11) is 0. The van der Waals surface area contributed by atoms with Gasteiger partial charge in [0.2, 0.25) is 0 Å². The maximum Gasteiger partial charge on any atom is 0.0266 e. The fourth-order valence-electron chi connectivity index (χ4n) is 5.60. The molecule has 1 nitrogen and oxygen atoms in total. The topological polar surface area (TPSA) is 26.0 Å². The Balaban J connectivity index is 1.49. The van der Waals surface area contributed by atoms with Crippen molar-refractivity contribution in [2.45, 2.75) is 51.5 Å². The number of nitrogens with two attached hydrogens (primary N) is 1. The van der Waals surface area contributed by atoms with Crippen molar-refractivity contribution < 1.29 is 0 Å². The van der Waals surface area contributed by atoms with Gasteiger partial charge in [-0.2, -0.15) is 0 Å². The summed E-state index contributed by atoms with van der Waals surface area (Å²) in [5.74, 6) is 5.24. The van der Waals surface area contributed by atoms with E-state index in [4.69, 9.17) is 5.73 Å². The van der Waals surface area contributed by atoms with E-state index in [2.05, 4.69) is 31.2 Å². The first-order chi connectivity index (χ1) is 9.69. The van der Waals surface area contributed by atoms with E-state index in [0.717, 1.165) is 29.6 Å². The third-order valence-electron chi connectivity index (χ3n) is 6.40.